The van der Waals surface area contributed by atoms with Crippen LogP contribution >= 0.6 is 12.4 Å². The zero-order valence-corrected chi connectivity index (χ0v) is 11.4. The van der Waals surface area contributed by atoms with Crippen molar-refractivity contribution in [2.45, 2.75) is 25.3 Å². The van der Waals surface area contributed by atoms with Gasteiger partial charge in [-0.05, 0) is 31.1 Å². The molecule has 102 valence electrons. The van der Waals surface area contributed by atoms with Crippen molar-refractivity contribution in [3.05, 3.63) is 0 Å². The second-order valence-corrected chi connectivity index (χ2v) is 6.61. The molecule has 2 unspecified atom stereocenters. The highest BCUT2D eigenvalue weighted by Crippen LogP contribution is 2.32. The Hall–Kier alpha value is 0.120. The second-order valence-electron chi connectivity index (χ2n) is 4.81. The Balaban J connectivity index is 0.00000144. The zero-order valence-electron chi connectivity index (χ0n) is 9.80. The van der Waals surface area contributed by atoms with Crippen LogP contribution in [0.15, 0.2) is 0 Å². The fraction of sp³-hybridized carbons (Fsp3) is 1.00. The van der Waals surface area contributed by atoms with Crippen molar-refractivity contribution in [1.29, 1.82) is 0 Å². The van der Waals surface area contributed by atoms with Crippen molar-refractivity contribution in [3.63, 3.8) is 0 Å². The van der Waals surface area contributed by atoms with Gasteiger partial charge in [0.05, 0.1) is 12.4 Å². The number of nitrogens with two attached hydrogens (primary N) is 1. The Morgan fingerprint density at radius 1 is 1.35 bits per heavy atom. The lowest BCUT2D eigenvalue weighted by molar-refractivity contribution is 0.188. The molecule has 0 amide bonds. The van der Waals surface area contributed by atoms with Gasteiger partial charge in [0.25, 0.3) is 0 Å². The van der Waals surface area contributed by atoms with Crippen molar-refractivity contribution in [3.8, 4) is 0 Å². The van der Waals surface area contributed by atoms with E-state index in [1.54, 1.807) is 0 Å². The molecule has 0 aromatic rings. The molecule has 17 heavy (non-hydrogen) atoms. The van der Waals surface area contributed by atoms with E-state index in [1.165, 1.54) is 0 Å². The number of halogens is 1. The molecule has 1 aliphatic carbocycles. The van der Waals surface area contributed by atoms with Gasteiger partial charge >= 0.3 is 0 Å². The van der Waals surface area contributed by atoms with Gasteiger partial charge in [-0.25, -0.2) is 13.1 Å². The van der Waals surface area contributed by atoms with Crippen LogP contribution in [0, 0.1) is 11.8 Å². The number of hydrogen-bond donors (Lipinski definition) is 2. The van der Waals surface area contributed by atoms with Crippen molar-refractivity contribution >= 4 is 22.4 Å². The molecule has 2 fully saturated rings. The number of ether oxygens (including phenoxy) is 1. The summed E-state index contributed by atoms with van der Waals surface area (Å²) >= 11 is 0. The van der Waals surface area contributed by atoms with Crippen LogP contribution in [-0.4, -0.2) is 40.0 Å². The number of rotatable bonds is 6. The largest absolute Gasteiger partial charge is 0.381 e. The quantitative estimate of drug-likeness (QED) is 0.725. The first-order valence-corrected chi connectivity index (χ1v) is 7.54. The summed E-state index contributed by atoms with van der Waals surface area (Å²) in [5, 5.41) is 0. The van der Waals surface area contributed by atoms with Crippen LogP contribution in [0.3, 0.4) is 0 Å². The first-order valence-electron chi connectivity index (χ1n) is 5.88. The Morgan fingerprint density at radius 2 is 2.06 bits per heavy atom. The molecule has 2 atom stereocenters. The summed E-state index contributed by atoms with van der Waals surface area (Å²) in [7, 11) is -3.19. The summed E-state index contributed by atoms with van der Waals surface area (Å²) in [6.07, 6.45) is 3.03. The van der Waals surface area contributed by atoms with E-state index < -0.39 is 10.0 Å². The van der Waals surface area contributed by atoms with E-state index in [9.17, 15) is 8.42 Å². The van der Waals surface area contributed by atoms with E-state index in [2.05, 4.69) is 4.72 Å². The van der Waals surface area contributed by atoms with Crippen LogP contribution in [0.25, 0.3) is 0 Å². The van der Waals surface area contributed by atoms with Crippen molar-refractivity contribution < 1.29 is 13.2 Å². The highest BCUT2D eigenvalue weighted by atomic mass is 35.5. The summed E-state index contributed by atoms with van der Waals surface area (Å²) in [6.45, 7) is 1.64. The second kappa shape index (κ2) is 6.33. The lowest BCUT2D eigenvalue weighted by Gasteiger charge is -2.17. The van der Waals surface area contributed by atoms with E-state index >= 15 is 0 Å². The molecule has 1 saturated heterocycles. The maximum atomic E-state index is 11.9. The van der Waals surface area contributed by atoms with E-state index in [0.29, 0.717) is 25.7 Å². The fourth-order valence-corrected chi connectivity index (χ4v) is 3.87. The third kappa shape index (κ3) is 4.71. The lowest BCUT2D eigenvalue weighted by Crippen LogP contribution is -2.43. The summed E-state index contributed by atoms with van der Waals surface area (Å²) in [5.41, 5.74) is 5.58. The van der Waals surface area contributed by atoms with Gasteiger partial charge in [-0.2, -0.15) is 0 Å². The van der Waals surface area contributed by atoms with E-state index in [-0.39, 0.29) is 30.1 Å². The topological polar surface area (TPSA) is 81.4 Å². The minimum atomic E-state index is -3.19. The molecule has 2 rings (SSSR count). The van der Waals surface area contributed by atoms with E-state index in [4.69, 9.17) is 10.5 Å². The van der Waals surface area contributed by atoms with Crippen molar-refractivity contribution in [2.24, 2.45) is 17.6 Å². The third-order valence-corrected chi connectivity index (χ3v) is 4.83. The number of nitrogens with one attached hydrogen (secondary N) is 1. The minimum Gasteiger partial charge on any atom is -0.381 e. The van der Waals surface area contributed by atoms with Crippen LogP contribution in [0.4, 0.5) is 0 Å². The monoisotopic (exact) mass is 284 g/mol. The normalized spacial score (nSPS) is 26.5. The Labute approximate surface area is 109 Å². The summed E-state index contributed by atoms with van der Waals surface area (Å²) < 4.78 is 31.6. The predicted molar refractivity (Wildman–Crippen MR) is 68.7 cm³/mol. The van der Waals surface area contributed by atoms with Crippen LogP contribution in [0.2, 0.25) is 0 Å². The number of hydrogen-bond acceptors (Lipinski definition) is 4. The average molecular weight is 285 g/mol. The smallest absolute Gasteiger partial charge is 0.212 e. The molecule has 5 nitrogen and oxygen atoms in total. The van der Waals surface area contributed by atoms with Gasteiger partial charge in [-0.3, -0.25) is 0 Å². The van der Waals surface area contributed by atoms with Gasteiger partial charge in [-0.15, -0.1) is 12.4 Å². The Morgan fingerprint density at radius 3 is 2.53 bits per heavy atom. The van der Waals surface area contributed by atoms with Crippen molar-refractivity contribution in [1.82, 2.24) is 4.72 Å². The highest BCUT2D eigenvalue weighted by molar-refractivity contribution is 7.89. The molecule has 0 aromatic heterocycles. The molecular weight excluding hydrogens is 264 g/mol. The molecule has 2 aliphatic rings. The summed E-state index contributed by atoms with van der Waals surface area (Å²) in [4.78, 5) is 0. The van der Waals surface area contributed by atoms with Crippen LogP contribution < -0.4 is 10.5 Å². The number of sulfonamides is 1. The van der Waals surface area contributed by atoms with Gasteiger partial charge in [0.15, 0.2) is 0 Å². The predicted octanol–water partition coefficient (Wildman–Crippen LogP) is 0.101. The van der Waals surface area contributed by atoms with Gasteiger partial charge in [0, 0.05) is 19.2 Å². The lowest BCUT2D eigenvalue weighted by atomic mass is 10.2. The van der Waals surface area contributed by atoms with Crippen LogP contribution in [-0.2, 0) is 14.8 Å². The molecule has 1 aliphatic heterocycles. The summed E-state index contributed by atoms with van der Waals surface area (Å²) in [6, 6.07) is -0.0627. The minimum absolute atomic E-state index is 0. The first-order chi connectivity index (χ1) is 7.61. The highest BCUT2D eigenvalue weighted by Gasteiger charge is 2.34. The van der Waals surface area contributed by atoms with Crippen LogP contribution in [0.5, 0.6) is 0 Å². The van der Waals surface area contributed by atoms with Gasteiger partial charge in [-0.1, -0.05) is 0 Å². The molecule has 1 heterocycles. The van der Waals surface area contributed by atoms with Gasteiger partial charge < -0.3 is 10.5 Å². The van der Waals surface area contributed by atoms with E-state index in [1.807, 2.05) is 0 Å². The van der Waals surface area contributed by atoms with Crippen molar-refractivity contribution in [2.75, 3.05) is 25.5 Å². The van der Waals surface area contributed by atoms with Gasteiger partial charge in [0.1, 0.15) is 0 Å². The summed E-state index contributed by atoms with van der Waals surface area (Å²) in [5.74, 6) is 0.783. The molecule has 3 N–H and O–H groups in total. The molecule has 7 heteroatoms. The van der Waals surface area contributed by atoms with Gasteiger partial charge in [0.2, 0.25) is 10.0 Å². The fourth-order valence-electron chi connectivity index (χ4n) is 2.14. The molecule has 0 aromatic carbocycles. The zero-order chi connectivity index (χ0) is 11.6. The Bertz CT molecular complexity index is 326. The maximum Gasteiger partial charge on any atom is 0.212 e. The molecular formula is C10H21ClN2O3S. The SMILES string of the molecule is Cl.NCC(NS(=O)(=O)CC1CCOC1)C1CC1. The maximum absolute atomic E-state index is 11.9. The van der Waals surface area contributed by atoms with E-state index in [0.717, 1.165) is 19.3 Å². The van der Waals surface area contributed by atoms with Crippen LogP contribution in [0.1, 0.15) is 19.3 Å². The standard InChI is InChI=1S/C10H20N2O3S.ClH/c11-5-10(9-1-2-9)12-16(13,14)7-8-3-4-15-6-8;/h8-10,12H,1-7,11H2;1H. The molecule has 0 spiro atoms. The average Bonchev–Trinajstić information content (AvgIpc) is 2.95. The Kier molecular flexibility index (Phi) is 5.66. The first kappa shape index (κ1) is 15.2. The molecule has 1 saturated carbocycles. The molecule has 0 bridgehead atoms. The molecule has 0 radical (unpaired) electrons. The third-order valence-electron chi connectivity index (χ3n) is 3.26.